The highest BCUT2D eigenvalue weighted by molar-refractivity contribution is 5.72. The van der Waals surface area contributed by atoms with Crippen LogP contribution < -0.4 is 4.74 Å². The molecule has 0 aliphatic rings. The third-order valence-electron chi connectivity index (χ3n) is 2.56. The van der Waals surface area contributed by atoms with E-state index in [-0.39, 0.29) is 18.2 Å². The largest absolute Gasteiger partial charge is 0.427 e. The summed E-state index contributed by atoms with van der Waals surface area (Å²) in [7, 11) is 0. The molecule has 2 aromatic rings. The molecule has 1 heterocycles. The predicted molar refractivity (Wildman–Crippen MR) is 74.5 cm³/mol. The van der Waals surface area contributed by atoms with Crippen LogP contribution in [0.3, 0.4) is 0 Å². The molecule has 0 fully saturated rings. The molecule has 20 heavy (non-hydrogen) atoms. The number of esters is 1. The summed E-state index contributed by atoms with van der Waals surface area (Å²) >= 11 is 0. The average molecular weight is 271 g/mol. The Morgan fingerprint density at radius 2 is 2.05 bits per heavy atom. The van der Waals surface area contributed by atoms with Crippen LogP contribution in [0.4, 0.5) is 4.39 Å². The van der Waals surface area contributed by atoms with E-state index in [1.807, 2.05) is 24.3 Å². The molecule has 1 aromatic heterocycles. The minimum Gasteiger partial charge on any atom is -0.427 e. The molecule has 0 unspecified atom stereocenters. The molecule has 0 radical (unpaired) electrons. The van der Waals surface area contributed by atoms with Gasteiger partial charge in [0.1, 0.15) is 11.6 Å². The molecule has 0 saturated heterocycles. The molecule has 3 nitrogen and oxygen atoms in total. The van der Waals surface area contributed by atoms with E-state index in [2.05, 4.69) is 4.98 Å². The molecule has 0 saturated carbocycles. The Hall–Kier alpha value is -2.49. The van der Waals surface area contributed by atoms with Gasteiger partial charge in [-0.25, -0.2) is 4.39 Å². The number of nitrogens with zero attached hydrogens (tertiary/aromatic N) is 1. The van der Waals surface area contributed by atoms with E-state index in [0.717, 1.165) is 5.56 Å². The monoisotopic (exact) mass is 271 g/mol. The molecule has 102 valence electrons. The zero-order chi connectivity index (χ0) is 14.2. The Labute approximate surface area is 116 Å². The minimum absolute atomic E-state index is 0.272. The van der Waals surface area contributed by atoms with Crippen LogP contribution in [0.1, 0.15) is 18.4 Å². The van der Waals surface area contributed by atoms with Crippen molar-refractivity contribution in [2.24, 2.45) is 0 Å². The van der Waals surface area contributed by atoms with E-state index in [1.165, 1.54) is 24.3 Å². The molecular weight excluding hydrogens is 257 g/mol. The standard InChI is InChI=1S/C16H14FNO2/c17-14-7-9-15(10-8-14)20-16(19)6-2-1-4-13-5-3-11-18-12-13/h1,3-5,7-12H,2,6H2. The lowest BCUT2D eigenvalue weighted by Crippen LogP contribution is -2.06. The number of aromatic nitrogens is 1. The highest BCUT2D eigenvalue weighted by Crippen LogP contribution is 2.12. The molecular formula is C16H14FNO2. The third-order valence-corrected chi connectivity index (χ3v) is 2.56. The maximum absolute atomic E-state index is 12.7. The second kappa shape index (κ2) is 7.19. The summed E-state index contributed by atoms with van der Waals surface area (Å²) in [4.78, 5) is 15.5. The molecule has 0 atom stereocenters. The number of pyridine rings is 1. The number of hydrogen-bond donors (Lipinski definition) is 0. The Morgan fingerprint density at radius 3 is 2.75 bits per heavy atom. The minimum atomic E-state index is -0.357. The van der Waals surface area contributed by atoms with Crippen molar-refractivity contribution in [1.82, 2.24) is 4.98 Å². The van der Waals surface area contributed by atoms with Crippen LogP contribution >= 0.6 is 0 Å². The Kier molecular flexibility index (Phi) is 5.00. The second-order valence-electron chi connectivity index (χ2n) is 4.16. The van der Waals surface area contributed by atoms with Crippen LogP contribution in [0, 0.1) is 5.82 Å². The number of carbonyl (C=O) groups is 1. The third kappa shape index (κ3) is 4.65. The van der Waals surface area contributed by atoms with Crippen LogP contribution in [0.25, 0.3) is 6.08 Å². The summed E-state index contributed by atoms with van der Waals surface area (Å²) in [6.45, 7) is 0. The summed E-state index contributed by atoms with van der Waals surface area (Å²) in [6.07, 6.45) is 8.09. The number of allylic oxidation sites excluding steroid dienone is 1. The fraction of sp³-hybridized carbons (Fsp3) is 0.125. The van der Waals surface area contributed by atoms with Gasteiger partial charge in [0, 0.05) is 18.8 Å². The van der Waals surface area contributed by atoms with Crippen LogP contribution in [0.5, 0.6) is 5.75 Å². The van der Waals surface area contributed by atoms with Crippen molar-refractivity contribution in [3.63, 3.8) is 0 Å². The van der Waals surface area contributed by atoms with Crippen LogP contribution in [-0.2, 0) is 4.79 Å². The number of hydrogen-bond acceptors (Lipinski definition) is 3. The number of benzene rings is 1. The van der Waals surface area contributed by atoms with Gasteiger partial charge >= 0.3 is 5.97 Å². The fourth-order valence-corrected chi connectivity index (χ4v) is 1.58. The first kappa shape index (κ1) is 13.9. The van der Waals surface area contributed by atoms with Gasteiger partial charge in [-0.1, -0.05) is 18.2 Å². The van der Waals surface area contributed by atoms with E-state index in [4.69, 9.17) is 4.74 Å². The highest BCUT2D eigenvalue weighted by atomic mass is 19.1. The lowest BCUT2D eigenvalue weighted by atomic mass is 10.2. The predicted octanol–water partition coefficient (Wildman–Crippen LogP) is 3.62. The van der Waals surface area contributed by atoms with Crippen molar-refractivity contribution < 1.29 is 13.9 Å². The Balaban J connectivity index is 1.75. The molecule has 0 N–H and O–H groups in total. The maximum atomic E-state index is 12.7. The molecule has 0 spiro atoms. The van der Waals surface area contributed by atoms with Crippen LogP contribution in [0.2, 0.25) is 0 Å². The topological polar surface area (TPSA) is 39.2 Å². The van der Waals surface area contributed by atoms with Gasteiger partial charge in [-0.15, -0.1) is 0 Å². The molecule has 2 rings (SSSR count). The smallest absolute Gasteiger partial charge is 0.311 e. The zero-order valence-electron chi connectivity index (χ0n) is 10.8. The molecule has 0 amide bonds. The Bertz CT molecular complexity index is 579. The van der Waals surface area contributed by atoms with Crippen molar-refractivity contribution in [1.29, 1.82) is 0 Å². The van der Waals surface area contributed by atoms with Crippen molar-refractivity contribution in [3.05, 3.63) is 66.2 Å². The number of halogens is 1. The highest BCUT2D eigenvalue weighted by Gasteiger charge is 2.03. The Morgan fingerprint density at radius 1 is 1.25 bits per heavy atom. The normalized spacial score (nSPS) is 10.7. The zero-order valence-corrected chi connectivity index (χ0v) is 10.8. The van der Waals surface area contributed by atoms with E-state index < -0.39 is 0 Å². The molecule has 0 bridgehead atoms. The number of rotatable bonds is 5. The van der Waals surface area contributed by atoms with Crippen molar-refractivity contribution in [2.75, 3.05) is 0 Å². The number of carbonyl (C=O) groups excluding carboxylic acids is 1. The van der Waals surface area contributed by atoms with E-state index >= 15 is 0 Å². The lowest BCUT2D eigenvalue weighted by molar-refractivity contribution is -0.134. The van der Waals surface area contributed by atoms with E-state index in [9.17, 15) is 9.18 Å². The van der Waals surface area contributed by atoms with Gasteiger partial charge in [-0.3, -0.25) is 9.78 Å². The quantitative estimate of drug-likeness (QED) is 0.616. The fourth-order valence-electron chi connectivity index (χ4n) is 1.58. The van der Waals surface area contributed by atoms with Gasteiger partial charge < -0.3 is 4.74 Å². The molecule has 0 aliphatic heterocycles. The first-order chi connectivity index (χ1) is 9.74. The van der Waals surface area contributed by atoms with Gasteiger partial charge in [-0.2, -0.15) is 0 Å². The van der Waals surface area contributed by atoms with Gasteiger partial charge in [-0.05, 0) is 42.3 Å². The van der Waals surface area contributed by atoms with Gasteiger partial charge in [0.05, 0.1) is 0 Å². The van der Waals surface area contributed by atoms with Gasteiger partial charge in [0.25, 0.3) is 0 Å². The van der Waals surface area contributed by atoms with Gasteiger partial charge in [0.15, 0.2) is 0 Å². The maximum Gasteiger partial charge on any atom is 0.311 e. The van der Waals surface area contributed by atoms with Crippen LogP contribution in [0.15, 0.2) is 54.9 Å². The summed E-state index contributed by atoms with van der Waals surface area (Å²) < 4.78 is 17.7. The van der Waals surface area contributed by atoms with Crippen LogP contribution in [-0.4, -0.2) is 11.0 Å². The average Bonchev–Trinajstić information content (AvgIpc) is 2.47. The van der Waals surface area contributed by atoms with Crippen molar-refractivity contribution in [3.8, 4) is 5.75 Å². The lowest BCUT2D eigenvalue weighted by Gasteiger charge is -2.02. The molecule has 4 heteroatoms. The summed E-state index contributed by atoms with van der Waals surface area (Å²) in [6, 6.07) is 9.15. The molecule has 1 aromatic carbocycles. The number of ether oxygens (including phenoxy) is 1. The first-order valence-corrected chi connectivity index (χ1v) is 6.27. The van der Waals surface area contributed by atoms with Crippen molar-refractivity contribution in [2.45, 2.75) is 12.8 Å². The van der Waals surface area contributed by atoms with Crippen molar-refractivity contribution >= 4 is 12.0 Å². The first-order valence-electron chi connectivity index (χ1n) is 6.27. The second-order valence-corrected chi connectivity index (χ2v) is 4.16. The summed E-state index contributed by atoms with van der Waals surface area (Å²) in [5.74, 6) is -0.343. The van der Waals surface area contributed by atoms with Gasteiger partial charge in [0.2, 0.25) is 0 Å². The van der Waals surface area contributed by atoms with E-state index in [0.29, 0.717) is 12.2 Å². The molecule has 0 aliphatic carbocycles. The SMILES string of the molecule is O=C(CCC=Cc1cccnc1)Oc1ccc(F)cc1. The summed E-state index contributed by atoms with van der Waals surface area (Å²) in [5, 5.41) is 0. The van der Waals surface area contributed by atoms with E-state index in [1.54, 1.807) is 12.4 Å². The summed E-state index contributed by atoms with van der Waals surface area (Å²) in [5.41, 5.74) is 0.986.